The zero-order valence-corrected chi connectivity index (χ0v) is 8.35. The van der Waals surface area contributed by atoms with E-state index in [4.69, 9.17) is 0 Å². The molecule has 0 radical (unpaired) electrons. The normalized spacial score (nSPS) is 32.6. The smallest absolute Gasteiger partial charge is 0.225 e. The SMILES string of the molecule is O=C1CC(O)CN1CC1CC=CCC1. The number of allylic oxidation sites excluding steroid dienone is 2. The molecule has 2 aliphatic rings. The van der Waals surface area contributed by atoms with Crippen LogP contribution in [0.3, 0.4) is 0 Å². The fourth-order valence-electron chi connectivity index (χ4n) is 2.26. The Labute approximate surface area is 84.4 Å². The largest absolute Gasteiger partial charge is 0.391 e. The van der Waals surface area contributed by atoms with Crippen molar-refractivity contribution in [1.29, 1.82) is 0 Å². The van der Waals surface area contributed by atoms with E-state index < -0.39 is 6.10 Å². The van der Waals surface area contributed by atoms with Crippen molar-refractivity contribution in [1.82, 2.24) is 4.90 Å². The van der Waals surface area contributed by atoms with E-state index in [-0.39, 0.29) is 5.91 Å². The maximum Gasteiger partial charge on any atom is 0.225 e. The van der Waals surface area contributed by atoms with Gasteiger partial charge in [0.05, 0.1) is 12.5 Å². The highest BCUT2D eigenvalue weighted by atomic mass is 16.3. The fourth-order valence-corrected chi connectivity index (χ4v) is 2.26. The van der Waals surface area contributed by atoms with Gasteiger partial charge >= 0.3 is 0 Å². The average Bonchev–Trinajstić information content (AvgIpc) is 2.47. The number of aliphatic hydroxyl groups is 1. The molecular formula is C11H17NO2. The van der Waals surface area contributed by atoms with Crippen molar-refractivity contribution in [2.24, 2.45) is 5.92 Å². The molecule has 1 amide bonds. The highest BCUT2D eigenvalue weighted by molar-refractivity contribution is 5.79. The lowest BCUT2D eigenvalue weighted by atomic mass is 9.94. The summed E-state index contributed by atoms with van der Waals surface area (Å²) in [6.45, 7) is 1.37. The molecule has 3 heteroatoms. The topological polar surface area (TPSA) is 40.5 Å². The van der Waals surface area contributed by atoms with Crippen LogP contribution in [0.2, 0.25) is 0 Å². The monoisotopic (exact) mass is 195 g/mol. The van der Waals surface area contributed by atoms with Gasteiger partial charge in [-0.1, -0.05) is 12.2 Å². The first-order chi connectivity index (χ1) is 6.75. The fraction of sp³-hybridized carbons (Fsp3) is 0.727. The van der Waals surface area contributed by atoms with Crippen LogP contribution in [0, 0.1) is 5.92 Å². The summed E-state index contributed by atoms with van der Waals surface area (Å²) in [6.07, 6.45) is 7.69. The van der Waals surface area contributed by atoms with Crippen molar-refractivity contribution in [2.75, 3.05) is 13.1 Å². The number of aliphatic hydroxyl groups excluding tert-OH is 1. The minimum Gasteiger partial charge on any atom is -0.391 e. The second kappa shape index (κ2) is 4.13. The van der Waals surface area contributed by atoms with Crippen molar-refractivity contribution >= 4 is 5.91 Å². The van der Waals surface area contributed by atoms with Gasteiger partial charge in [-0.05, 0) is 25.2 Å². The molecule has 0 aromatic carbocycles. The van der Waals surface area contributed by atoms with Crippen LogP contribution in [0.1, 0.15) is 25.7 Å². The van der Waals surface area contributed by atoms with Crippen LogP contribution < -0.4 is 0 Å². The van der Waals surface area contributed by atoms with E-state index in [0.717, 1.165) is 19.4 Å². The van der Waals surface area contributed by atoms with E-state index >= 15 is 0 Å². The number of carbonyl (C=O) groups excluding carboxylic acids is 1. The Kier molecular flexibility index (Phi) is 2.87. The van der Waals surface area contributed by atoms with Crippen molar-refractivity contribution in [2.45, 2.75) is 31.8 Å². The quantitative estimate of drug-likeness (QED) is 0.666. The summed E-state index contributed by atoms with van der Waals surface area (Å²) in [5, 5.41) is 9.32. The molecule has 1 heterocycles. The Bertz CT molecular complexity index is 250. The number of nitrogens with zero attached hydrogens (tertiary/aromatic N) is 1. The minimum atomic E-state index is -0.429. The molecule has 1 aliphatic carbocycles. The van der Waals surface area contributed by atoms with Gasteiger partial charge in [0.15, 0.2) is 0 Å². The Morgan fingerprint density at radius 2 is 2.36 bits per heavy atom. The van der Waals surface area contributed by atoms with Crippen LogP contribution in [-0.4, -0.2) is 35.1 Å². The van der Waals surface area contributed by atoms with Gasteiger partial charge < -0.3 is 10.0 Å². The number of carbonyl (C=O) groups is 1. The number of hydrogen-bond donors (Lipinski definition) is 1. The van der Waals surface area contributed by atoms with Gasteiger partial charge in [-0.2, -0.15) is 0 Å². The number of amides is 1. The molecule has 1 aliphatic heterocycles. The van der Waals surface area contributed by atoms with Crippen molar-refractivity contribution in [3.8, 4) is 0 Å². The Balaban J connectivity index is 1.85. The Morgan fingerprint density at radius 3 is 2.93 bits per heavy atom. The first-order valence-corrected chi connectivity index (χ1v) is 5.36. The first-order valence-electron chi connectivity index (χ1n) is 5.36. The molecule has 0 spiro atoms. The van der Waals surface area contributed by atoms with Crippen molar-refractivity contribution in [3.63, 3.8) is 0 Å². The zero-order chi connectivity index (χ0) is 9.97. The van der Waals surface area contributed by atoms with Gasteiger partial charge in [0, 0.05) is 13.1 Å². The van der Waals surface area contributed by atoms with Gasteiger partial charge in [0.2, 0.25) is 5.91 Å². The van der Waals surface area contributed by atoms with Gasteiger partial charge in [0.25, 0.3) is 0 Å². The molecule has 2 atom stereocenters. The number of hydrogen-bond acceptors (Lipinski definition) is 2. The molecule has 0 saturated carbocycles. The summed E-state index contributed by atoms with van der Waals surface area (Å²) >= 11 is 0. The number of rotatable bonds is 2. The third-order valence-electron chi connectivity index (χ3n) is 3.05. The summed E-state index contributed by atoms with van der Waals surface area (Å²) in [6, 6.07) is 0. The first kappa shape index (κ1) is 9.71. The van der Waals surface area contributed by atoms with Gasteiger partial charge in [-0.15, -0.1) is 0 Å². The maximum atomic E-state index is 11.4. The molecule has 1 N–H and O–H groups in total. The molecule has 1 saturated heterocycles. The van der Waals surface area contributed by atoms with Crippen LogP contribution in [0.5, 0.6) is 0 Å². The predicted octanol–water partition coefficient (Wildman–Crippen LogP) is 0.936. The average molecular weight is 195 g/mol. The van der Waals surface area contributed by atoms with Gasteiger partial charge in [-0.3, -0.25) is 4.79 Å². The molecule has 0 aromatic rings. The summed E-state index contributed by atoms with van der Waals surface area (Å²) in [5.41, 5.74) is 0. The summed E-state index contributed by atoms with van der Waals surface area (Å²) in [5.74, 6) is 0.723. The summed E-state index contributed by atoms with van der Waals surface area (Å²) < 4.78 is 0. The molecular weight excluding hydrogens is 178 g/mol. The highest BCUT2D eigenvalue weighted by Crippen LogP contribution is 2.21. The molecule has 1 fully saturated rings. The standard InChI is InChI=1S/C11H17NO2/c13-10-6-11(14)12(8-10)7-9-4-2-1-3-5-9/h1-2,9-10,13H,3-8H2. The zero-order valence-electron chi connectivity index (χ0n) is 8.35. The third kappa shape index (κ3) is 2.15. The van der Waals surface area contributed by atoms with E-state index in [1.54, 1.807) is 0 Å². The Morgan fingerprint density at radius 1 is 1.50 bits per heavy atom. The van der Waals surface area contributed by atoms with Crippen LogP contribution in [0.15, 0.2) is 12.2 Å². The highest BCUT2D eigenvalue weighted by Gasteiger charge is 2.29. The predicted molar refractivity (Wildman–Crippen MR) is 53.7 cm³/mol. The molecule has 0 aromatic heterocycles. The van der Waals surface area contributed by atoms with E-state index in [9.17, 15) is 9.90 Å². The van der Waals surface area contributed by atoms with E-state index in [1.807, 2.05) is 4.90 Å². The lowest BCUT2D eigenvalue weighted by Crippen LogP contribution is -2.31. The van der Waals surface area contributed by atoms with Crippen molar-refractivity contribution < 1.29 is 9.90 Å². The molecule has 2 rings (SSSR count). The van der Waals surface area contributed by atoms with E-state index in [0.29, 0.717) is 18.9 Å². The van der Waals surface area contributed by atoms with Crippen molar-refractivity contribution in [3.05, 3.63) is 12.2 Å². The van der Waals surface area contributed by atoms with Crippen LogP contribution >= 0.6 is 0 Å². The van der Waals surface area contributed by atoms with Crippen LogP contribution in [-0.2, 0) is 4.79 Å². The molecule has 3 nitrogen and oxygen atoms in total. The van der Waals surface area contributed by atoms with E-state index in [2.05, 4.69) is 12.2 Å². The van der Waals surface area contributed by atoms with Gasteiger partial charge in [0.1, 0.15) is 0 Å². The van der Waals surface area contributed by atoms with Crippen LogP contribution in [0.4, 0.5) is 0 Å². The van der Waals surface area contributed by atoms with Crippen LogP contribution in [0.25, 0.3) is 0 Å². The minimum absolute atomic E-state index is 0.118. The second-order valence-corrected chi connectivity index (χ2v) is 4.31. The Hall–Kier alpha value is -0.830. The molecule has 14 heavy (non-hydrogen) atoms. The molecule has 0 bridgehead atoms. The van der Waals surface area contributed by atoms with E-state index in [1.165, 1.54) is 6.42 Å². The molecule has 78 valence electrons. The maximum absolute atomic E-state index is 11.4. The lowest BCUT2D eigenvalue weighted by Gasteiger charge is -2.24. The second-order valence-electron chi connectivity index (χ2n) is 4.31. The summed E-state index contributed by atoms with van der Waals surface area (Å²) in [4.78, 5) is 13.2. The summed E-state index contributed by atoms with van der Waals surface area (Å²) in [7, 11) is 0. The molecule has 2 unspecified atom stereocenters. The third-order valence-corrected chi connectivity index (χ3v) is 3.05. The lowest BCUT2D eigenvalue weighted by molar-refractivity contribution is -0.128. The number of likely N-dealkylation sites (tertiary alicyclic amines) is 1. The van der Waals surface area contributed by atoms with Gasteiger partial charge in [-0.25, -0.2) is 0 Å². The number of β-amino-alcohol motifs (C(OH)–C–C–N with tert-alkyl or cyclic N) is 1.